The summed E-state index contributed by atoms with van der Waals surface area (Å²) in [6.45, 7) is 3.50. The van der Waals surface area contributed by atoms with Gasteiger partial charge in [0, 0.05) is 5.02 Å². The second kappa shape index (κ2) is 6.81. The zero-order valence-electron chi connectivity index (χ0n) is 11.9. The molecule has 1 fully saturated rings. The van der Waals surface area contributed by atoms with Crippen LogP contribution >= 0.6 is 35.6 Å². The quantitative estimate of drug-likeness (QED) is 0.660. The molecule has 1 aromatic rings. The first-order chi connectivity index (χ1) is 10.3. The number of hydrogen-bond donors (Lipinski definition) is 1. The molecule has 1 aromatic carbocycles. The van der Waals surface area contributed by atoms with E-state index < -0.39 is 12.0 Å². The van der Waals surface area contributed by atoms with Gasteiger partial charge in [-0.3, -0.25) is 9.69 Å². The Morgan fingerprint density at radius 2 is 2.14 bits per heavy atom. The molecule has 1 N–H and O–H groups in total. The van der Waals surface area contributed by atoms with Crippen LogP contribution < -0.4 is 0 Å². The summed E-state index contributed by atoms with van der Waals surface area (Å²) in [6.07, 6.45) is 1.67. The number of nitrogens with zero attached hydrogens (tertiary/aromatic N) is 1. The average Bonchev–Trinajstić information content (AvgIpc) is 2.66. The number of carboxylic acid groups (broad SMARTS) is 1. The van der Waals surface area contributed by atoms with Gasteiger partial charge in [0.2, 0.25) is 0 Å². The lowest BCUT2D eigenvalue weighted by atomic mass is 10.0. The van der Waals surface area contributed by atoms with Crippen LogP contribution in [-0.4, -0.2) is 32.2 Å². The first-order valence-electron chi connectivity index (χ1n) is 6.56. The van der Waals surface area contributed by atoms with Gasteiger partial charge in [-0.05, 0) is 29.7 Å². The summed E-state index contributed by atoms with van der Waals surface area (Å²) in [5.41, 5.74) is 0.768. The van der Waals surface area contributed by atoms with Crippen molar-refractivity contribution in [2.75, 3.05) is 0 Å². The number of benzene rings is 1. The molecular weight excluding hydrogens is 342 g/mol. The second-order valence-electron chi connectivity index (χ2n) is 5.13. The van der Waals surface area contributed by atoms with Crippen LogP contribution in [0.3, 0.4) is 0 Å². The first kappa shape index (κ1) is 17.0. The van der Waals surface area contributed by atoms with Crippen molar-refractivity contribution in [2.45, 2.75) is 19.9 Å². The molecule has 0 saturated carbocycles. The fourth-order valence-corrected chi connectivity index (χ4v) is 3.69. The highest BCUT2D eigenvalue weighted by Crippen LogP contribution is 2.35. The summed E-state index contributed by atoms with van der Waals surface area (Å²) >= 11 is 12.2. The highest BCUT2D eigenvalue weighted by atomic mass is 35.5. The van der Waals surface area contributed by atoms with Crippen LogP contribution in [0.25, 0.3) is 6.08 Å². The van der Waals surface area contributed by atoms with Gasteiger partial charge in [0.05, 0.1) is 4.91 Å². The van der Waals surface area contributed by atoms with Gasteiger partial charge in [-0.2, -0.15) is 0 Å². The molecule has 4 nitrogen and oxygen atoms in total. The zero-order valence-corrected chi connectivity index (χ0v) is 14.3. The number of thiocarbonyl (C=S) groups is 1. The molecule has 2 rings (SSSR count). The Balaban J connectivity index is 2.34. The van der Waals surface area contributed by atoms with E-state index in [2.05, 4.69) is 0 Å². The maximum absolute atomic E-state index is 12.5. The fourth-order valence-electron chi connectivity index (χ4n) is 2.16. The van der Waals surface area contributed by atoms with E-state index in [4.69, 9.17) is 23.8 Å². The van der Waals surface area contributed by atoms with Crippen molar-refractivity contribution in [2.24, 2.45) is 5.92 Å². The Bertz CT molecular complexity index is 673. The van der Waals surface area contributed by atoms with E-state index in [0.717, 1.165) is 17.3 Å². The Morgan fingerprint density at radius 1 is 1.45 bits per heavy atom. The van der Waals surface area contributed by atoms with Gasteiger partial charge in [-0.25, -0.2) is 4.79 Å². The molecule has 1 amide bonds. The number of thioether (sulfide) groups is 1. The van der Waals surface area contributed by atoms with E-state index >= 15 is 0 Å². The Morgan fingerprint density at radius 3 is 2.68 bits per heavy atom. The van der Waals surface area contributed by atoms with Crippen molar-refractivity contribution in [3.63, 3.8) is 0 Å². The summed E-state index contributed by atoms with van der Waals surface area (Å²) < 4.78 is 0.263. The van der Waals surface area contributed by atoms with E-state index in [0.29, 0.717) is 9.93 Å². The van der Waals surface area contributed by atoms with Crippen LogP contribution in [0, 0.1) is 5.92 Å². The maximum Gasteiger partial charge on any atom is 0.327 e. The van der Waals surface area contributed by atoms with Crippen molar-refractivity contribution in [3.8, 4) is 0 Å². The van der Waals surface area contributed by atoms with Crippen LogP contribution in [0.1, 0.15) is 19.4 Å². The lowest BCUT2D eigenvalue weighted by Crippen LogP contribution is -2.47. The van der Waals surface area contributed by atoms with E-state index in [1.165, 1.54) is 4.90 Å². The molecular formula is C15H14ClNO3S2. The molecule has 1 saturated heterocycles. The van der Waals surface area contributed by atoms with Gasteiger partial charge in [-0.15, -0.1) is 0 Å². The third-order valence-electron chi connectivity index (χ3n) is 3.13. The van der Waals surface area contributed by atoms with Crippen molar-refractivity contribution < 1.29 is 14.7 Å². The van der Waals surface area contributed by atoms with Crippen molar-refractivity contribution in [3.05, 3.63) is 39.8 Å². The summed E-state index contributed by atoms with van der Waals surface area (Å²) in [4.78, 5) is 25.5. The van der Waals surface area contributed by atoms with Crippen LogP contribution in [0.5, 0.6) is 0 Å². The molecule has 116 valence electrons. The number of carbonyl (C=O) groups is 2. The molecule has 1 aliphatic rings. The van der Waals surface area contributed by atoms with Crippen molar-refractivity contribution in [1.82, 2.24) is 4.90 Å². The van der Waals surface area contributed by atoms with Crippen LogP contribution in [-0.2, 0) is 9.59 Å². The largest absolute Gasteiger partial charge is 0.480 e. The van der Waals surface area contributed by atoms with Crippen LogP contribution in [0.15, 0.2) is 29.2 Å². The molecule has 0 spiro atoms. The number of carboxylic acids is 1. The number of hydrogen-bond acceptors (Lipinski definition) is 4. The van der Waals surface area contributed by atoms with Gasteiger partial charge in [0.1, 0.15) is 10.4 Å². The van der Waals surface area contributed by atoms with E-state index in [1.54, 1.807) is 38.1 Å². The van der Waals surface area contributed by atoms with E-state index in [9.17, 15) is 14.7 Å². The average molecular weight is 356 g/mol. The summed E-state index contributed by atoms with van der Waals surface area (Å²) in [7, 11) is 0. The molecule has 7 heteroatoms. The molecule has 1 unspecified atom stereocenters. The Kier molecular flexibility index (Phi) is 5.26. The minimum Gasteiger partial charge on any atom is -0.480 e. The fraction of sp³-hybridized carbons (Fsp3) is 0.267. The van der Waals surface area contributed by atoms with Gasteiger partial charge in [-0.1, -0.05) is 61.6 Å². The Hall–Kier alpha value is -1.37. The predicted molar refractivity (Wildman–Crippen MR) is 92.7 cm³/mol. The topological polar surface area (TPSA) is 57.6 Å². The van der Waals surface area contributed by atoms with Gasteiger partial charge < -0.3 is 5.11 Å². The molecule has 0 aliphatic carbocycles. The number of amides is 1. The zero-order chi connectivity index (χ0) is 16.4. The van der Waals surface area contributed by atoms with Gasteiger partial charge in [0.25, 0.3) is 5.91 Å². The van der Waals surface area contributed by atoms with Crippen LogP contribution in [0.2, 0.25) is 5.02 Å². The van der Waals surface area contributed by atoms with Crippen molar-refractivity contribution >= 4 is 57.9 Å². The minimum atomic E-state index is -1.06. The number of aliphatic carboxylic acids is 1. The first-order valence-corrected chi connectivity index (χ1v) is 8.17. The molecule has 1 aliphatic heterocycles. The SMILES string of the molecule is CC(C)C(C(=O)O)N1C(=O)/C(=C/c2cccc(Cl)c2)SC1=S. The third kappa shape index (κ3) is 3.51. The van der Waals surface area contributed by atoms with Crippen molar-refractivity contribution in [1.29, 1.82) is 0 Å². The summed E-state index contributed by atoms with van der Waals surface area (Å²) in [5, 5.41) is 9.92. The normalized spacial score (nSPS) is 18.4. The van der Waals surface area contributed by atoms with Gasteiger partial charge in [0.15, 0.2) is 0 Å². The lowest BCUT2D eigenvalue weighted by Gasteiger charge is -2.26. The molecule has 0 radical (unpaired) electrons. The van der Waals surface area contributed by atoms with Crippen LogP contribution in [0.4, 0.5) is 0 Å². The highest BCUT2D eigenvalue weighted by molar-refractivity contribution is 8.26. The third-order valence-corrected chi connectivity index (χ3v) is 4.70. The summed E-state index contributed by atoms with van der Waals surface area (Å²) in [6, 6.07) is 6.10. The standard InChI is InChI=1S/C15H14ClNO3S2/c1-8(2)12(14(19)20)17-13(18)11(22-15(17)21)7-9-4-3-5-10(16)6-9/h3-8,12H,1-2H3,(H,19,20)/b11-7-. The molecule has 22 heavy (non-hydrogen) atoms. The number of rotatable bonds is 4. The Labute approximate surface area is 143 Å². The highest BCUT2D eigenvalue weighted by Gasteiger charge is 2.41. The lowest BCUT2D eigenvalue weighted by molar-refractivity contribution is -0.146. The molecule has 1 heterocycles. The molecule has 0 aromatic heterocycles. The van der Waals surface area contributed by atoms with E-state index in [-0.39, 0.29) is 16.1 Å². The molecule has 1 atom stereocenters. The summed E-state index contributed by atoms with van der Waals surface area (Å²) in [5.74, 6) is -1.68. The minimum absolute atomic E-state index is 0.245. The smallest absolute Gasteiger partial charge is 0.327 e. The number of carbonyl (C=O) groups excluding carboxylic acids is 1. The predicted octanol–water partition coefficient (Wildman–Crippen LogP) is 3.65. The second-order valence-corrected chi connectivity index (χ2v) is 7.25. The number of halogens is 1. The maximum atomic E-state index is 12.5. The van der Waals surface area contributed by atoms with E-state index in [1.807, 2.05) is 6.07 Å². The van der Waals surface area contributed by atoms with Gasteiger partial charge >= 0.3 is 5.97 Å². The molecule has 0 bridgehead atoms. The monoisotopic (exact) mass is 355 g/mol.